The average Bonchev–Trinajstić information content (AvgIpc) is 3.30. The number of hydrogen-bond donors (Lipinski definition) is 0. The molecule has 0 amide bonds. The van der Waals surface area contributed by atoms with Crippen molar-refractivity contribution in [3.8, 4) is 0 Å². The van der Waals surface area contributed by atoms with Crippen molar-refractivity contribution in [3.63, 3.8) is 0 Å². The first-order valence-corrected chi connectivity index (χ1v) is 15.6. The van der Waals surface area contributed by atoms with Gasteiger partial charge in [-0.25, -0.2) is 0 Å². The summed E-state index contributed by atoms with van der Waals surface area (Å²) in [5, 5.41) is 0. The molecule has 6 nitrogen and oxygen atoms in total. The summed E-state index contributed by atoms with van der Waals surface area (Å²) in [6.45, 7) is 6.23. The topological polar surface area (TPSA) is 63.2 Å². The van der Waals surface area contributed by atoms with Crippen molar-refractivity contribution in [3.05, 3.63) is 0 Å². The second-order valence-electron chi connectivity index (χ2n) is 13.7. The van der Waals surface area contributed by atoms with Crippen LogP contribution in [0.25, 0.3) is 0 Å². The lowest BCUT2D eigenvalue weighted by atomic mass is 9.44. The second kappa shape index (κ2) is 10.7. The van der Waals surface area contributed by atoms with E-state index in [1.807, 2.05) is 0 Å². The first-order chi connectivity index (χ1) is 17.9. The Kier molecular flexibility index (Phi) is 7.68. The normalized spacial score (nSPS) is 47.9. The van der Waals surface area contributed by atoms with Gasteiger partial charge in [0.05, 0.1) is 6.61 Å². The summed E-state index contributed by atoms with van der Waals surface area (Å²) in [4.78, 5) is 12.1. The molecule has 2 saturated heterocycles. The van der Waals surface area contributed by atoms with Crippen LogP contribution < -0.4 is 0 Å². The van der Waals surface area contributed by atoms with Crippen molar-refractivity contribution in [2.24, 2.45) is 34.5 Å². The van der Waals surface area contributed by atoms with Crippen LogP contribution in [-0.2, 0) is 28.5 Å². The van der Waals surface area contributed by atoms with E-state index in [4.69, 9.17) is 23.7 Å². The minimum atomic E-state index is -0.669. The van der Waals surface area contributed by atoms with E-state index < -0.39 is 5.79 Å². The van der Waals surface area contributed by atoms with Gasteiger partial charge in [-0.1, -0.05) is 13.3 Å². The number of fused-ring (bicyclic) bond motifs is 5. The van der Waals surface area contributed by atoms with E-state index in [-0.39, 0.29) is 24.0 Å². The predicted octanol–water partition coefficient (Wildman–Crippen LogP) is 6.75. The maximum atomic E-state index is 12.1. The Morgan fingerprint density at radius 1 is 0.784 bits per heavy atom. The molecule has 0 aromatic carbocycles. The molecule has 0 aromatic rings. The van der Waals surface area contributed by atoms with E-state index in [0.717, 1.165) is 82.8 Å². The molecule has 37 heavy (non-hydrogen) atoms. The van der Waals surface area contributed by atoms with Crippen molar-refractivity contribution in [1.82, 2.24) is 0 Å². The Labute approximate surface area is 223 Å². The summed E-state index contributed by atoms with van der Waals surface area (Å²) in [6.07, 6.45) is 17.9. The highest BCUT2D eigenvalue weighted by Crippen LogP contribution is 2.67. The average molecular weight is 519 g/mol. The van der Waals surface area contributed by atoms with Gasteiger partial charge in [0, 0.05) is 38.4 Å². The minimum absolute atomic E-state index is 0.0373. The fraction of sp³-hybridized carbons (Fsp3) is 0.968. The smallest absolute Gasteiger partial charge is 0.302 e. The third kappa shape index (κ3) is 5.14. The van der Waals surface area contributed by atoms with E-state index in [1.54, 1.807) is 6.92 Å². The molecule has 8 atom stereocenters. The summed E-state index contributed by atoms with van der Waals surface area (Å²) in [7, 11) is 0. The quantitative estimate of drug-likeness (QED) is 0.220. The zero-order chi connectivity index (χ0) is 25.5. The number of carbonyl (C=O) groups excluding carboxylic acids is 1. The maximum Gasteiger partial charge on any atom is 0.302 e. The molecule has 2 unspecified atom stereocenters. The van der Waals surface area contributed by atoms with Crippen LogP contribution in [0, 0.1) is 34.5 Å². The first-order valence-electron chi connectivity index (χ1n) is 15.6. The van der Waals surface area contributed by atoms with Gasteiger partial charge >= 0.3 is 5.97 Å². The maximum absolute atomic E-state index is 12.1. The van der Waals surface area contributed by atoms with Gasteiger partial charge in [-0.3, -0.25) is 4.79 Å². The Balaban J connectivity index is 1.27. The second-order valence-corrected chi connectivity index (χ2v) is 13.7. The van der Waals surface area contributed by atoms with Crippen molar-refractivity contribution < 1.29 is 28.5 Å². The van der Waals surface area contributed by atoms with Gasteiger partial charge in [-0.15, -0.1) is 0 Å². The summed E-state index contributed by atoms with van der Waals surface area (Å²) < 4.78 is 31.7. The van der Waals surface area contributed by atoms with E-state index in [2.05, 4.69) is 6.92 Å². The molecule has 0 spiro atoms. The molecule has 0 bridgehead atoms. The highest BCUT2D eigenvalue weighted by Gasteiger charge is 2.62. The van der Waals surface area contributed by atoms with Gasteiger partial charge < -0.3 is 23.7 Å². The third-order valence-corrected chi connectivity index (χ3v) is 11.7. The van der Waals surface area contributed by atoms with E-state index >= 15 is 0 Å². The number of ether oxygens (including phenoxy) is 5. The van der Waals surface area contributed by atoms with Crippen LogP contribution in [0.5, 0.6) is 0 Å². The van der Waals surface area contributed by atoms with Crippen molar-refractivity contribution >= 4 is 5.97 Å². The molecule has 6 rings (SSSR count). The Bertz CT molecular complexity index is 784. The summed E-state index contributed by atoms with van der Waals surface area (Å²) in [6, 6.07) is 0. The summed E-state index contributed by atoms with van der Waals surface area (Å²) in [5.74, 6) is 1.86. The molecular weight excluding hydrogens is 468 g/mol. The van der Waals surface area contributed by atoms with Crippen LogP contribution >= 0.6 is 0 Å². The molecule has 6 fully saturated rings. The molecule has 0 N–H and O–H groups in total. The highest BCUT2D eigenvalue weighted by atomic mass is 16.8. The van der Waals surface area contributed by atoms with Gasteiger partial charge in [0.25, 0.3) is 0 Å². The van der Waals surface area contributed by atoms with Crippen LogP contribution in [-0.4, -0.2) is 44.2 Å². The Morgan fingerprint density at radius 2 is 1.51 bits per heavy atom. The first kappa shape index (κ1) is 26.5. The van der Waals surface area contributed by atoms with Crippen molar-refractivity contribution in [1.29, 1.82) is 0 Å². The lowest BCUT2D eigenvalue weighted by Crippen LogP contribution is -2.60. The zero-order valence-corrected chi connectivity index (χ0v) is 23.3. The van der Waals surface area contributed by atoms with E-state index in [1.165, 1.54) is 44.9 Å². The van der Waals surface area contributed by atoms with Crippen molar-refractivity contribution in [2.45, 2.75) is 135 Å². The van der Waals surface area contributed by atoms with Crippen LogP contribution in [0.4, 0.5) is 0 Å². The van der Waals surface area contributed by atoms with Crippen LogP contribution in [0.15, 0.2) is 0 Å². The van der Waals surface area contributed by atoms with Crippen LogP contribution in [0.2, 0.25) is 0 Å². The number of esters is 1. The number of rotatable bonds is 6. The Morgan fingerprint density at radius 3 is 2.16 bits per heavy atom. The minimum Gasteiger partial charge on any atom is -0.465 e. The predicted molar refractivity (Wildman–Crippen MR) is 139 cm³/mol. The Hall–Kier alpha value is -0.690. The van der Waals surface area contributed by atoms with Gasteiger partial charge in [0.2, 0.25) is 0 Å². The molecule has 2 aliphatic heterocycles. The van der Waals surface area contributed by atoms with Gasteiger partial charge in [-0.05, 0) is 113 Å². The highest BCUT2D eigenvalue weighted by molar-refractivity contribution is 5.65. The molecule has 0 aromatic heterocycles. The molecule has 4 saturated carbocycles. The third-order valence-electron chi connectivity index (χ3n) is 11.7. The molecule has 0 radical (unpaired) electrons. The monoisotopic (exact) mass is 518 g/mol. The molecule has 210 valence electrons. The van der Waals surface area contributed by atoms with Gasteiger partial charge in [0.15, 0.2) is 18.4 Å². The molecule has 6 aliphatic rings. The lowest BCUT2D eigenvalue weighted by Gasteiger charge is -2.62. The SMILES string of the molecule is CC(=O)OC[C@]12CCC(OC3CCCCO3)(OC3CCCCO3)C[C@@H]1CC[C@H]1[C@@H]3CCC[C@@]3(C)CC[C@@H]12. The van der Waals surface area contributed by atoms with Crippen LogP contribution in [0.3, 0.4) is 0 Å². The number of hydrogen-bond acceptors (Lipinski definition) is 6. The van der Waals surface area contributed by atoms with Gasteiger partial charge in [0.1, 0.15) is 0 Å². The molecule has 2 heterocycles. The number of carbonyl (C=O) groups is 1. The fourth-order valence-corrected chi connectivity index (χ4v) is 9.84. The molecule has 6 heteroatoms. The lowest BCUT2D eigenvalue weighted by molar-refractivity contribution is -0.382. The largest absolute Gasteiger partial charge is 0.465 e. The molecular formula is C31H50O6. The van der Waals surface area contributed by atoms with E-state index in [9.17, 15) is 4.79 Å². The zero-order valence-electron chi connectivity index (χ0n) is 23.3. The van der Waals surface area contributed by atoms with Crippen molar-refractivity contribution in [2.75, 3.05) is 19.8 Å². The molecule has 4 aliphatic carbocycles. The standard InChI is InChI=1S/C31H50O6/c1-22(32)35-21-30-16-17-31(36-27-9-3-5-18-33-27,37-28-10-4-6-19-34-28)20-23(30)11-12-24-25-8-7-14-29(25,2)15-13-26(24)30/h23-28H,3-21H2,1-2H3/t23-,24-,25-,26-,27?,28?,29-,30+,31?/m0/s1. The van der Waals surface area contributed by atoms with Gasteiger partial charge in [-0.2, -0.15) is 0 Å². The van der Waals surface area contributed by atoms with Crippen LogP contribution in [0.1, 0.15) is 117 Å². The summed E-state index contributed by atoms with van der Waals surface area (Å²) in [5.41, 5.74) is 0.563. The fourth-order valence-electron chi connectivity index (χ4n) is 9.84. The summed E-state index contributed by atoms with van der Waals surface area (Å²) >= 11 is 0. The van der Waals surface area contributed by atoms with E-state index in [0.29, 0.717) is 23.9 Å².